The van der Waals surface area contributed by atoms with Gasteiger partial charge >= 0.3 is 5.97 Å². The lowest BCUT2D eigenvalue weighted by atomic mass is 9.86. The highest BCUT2D eigenvalue weighted by molar-refractivity contribution is 5.69. The first kappa shape index (κ1) is 13.5. The topological polar surface area (TPSA) is 63.3 Å². The maximum atomic E-state index is 10.8. The van der Waals surface area contributed by atoms with Crippen LogP contribution in [0.1, 0.15) is 59.3 Å². The molecule has 3 nitrogen and oxygen atoms in total. The van der Waals surface area contributed by atoms with E-state index in [0.717, 1.165) is 25.7 Å². The van der Waals surface area contributed by atoms with E-state index in [-0.39, 0.29) is 11.5 Å². The van der Waals surface area contributed by atoms with Crippen molar-refractivity contribution in [3.8, 4) is 0 Å². The Kier molecular flexibility index (Phi) is 4.00. The van der Waals surface area contributed by atoms with E-state index in [1.165, 1.54) is 12.8 Å². The minimum atomic E-state index is -0.662. The van der Waals surface area contributed by atoms with E-state index < -0.39 is 5.97 Å². The number of carboxylic acid groups (broad SMARTS) is 1. The minimum Gasteiger partial charge on any atom is -0.481 e. The molecule has 0 aromatic carbocycles. The molecule has 16 heavy (non-hydrogen) atoms. The maximum Gasteiger partial charge on any atom is 0.306 e. The number of hydrogen-bond donors (Lipinski definition) is 2. The van der Waals surface area contributed by atoms with E-state index >= 15 is 0 Å². The van der Waals surface area contributed by atoms with Crippen molar-refractivity contribution < 1.29 is 9.90 Å². The van der Waals surface area contributed by atoms with Crippen molar-refractivity contribution in [3.63, 3.8) is 0 Å². The Balaban J connectivity index is 2.28. The van der Waals surface area contributed by atoms with Crippen LogP contribution < -0.4 is 5.73 Å². The third-order valence-corrected chi connectivity index (χ3v) is 3.65. The SMILES string of the molecule is CC(CC1(CCCC(C)(C)N)CC1)C(=O)O. The lowest BCUT2D eigenvalue weighted by Gasteiger charge is -2.22. The molecule has 3 heteroatoms. The van der Waals surface area contributed by atoms with E-state index in [2.05, 4.69) is 0 Å². The van der Waals surface area contributed by atoms with Gasteiger partial charge in [0.05, 0.1) is 5.92 Å². The first-order valence-electron chi connectivity index (χ1n) is 6.26. The molecule has 0 aliphatic heterocycles. The van der Waals surface area contributed by atoms with Gasteiger partial charge in [-0.2, -0.15) is 0 Å². The Labute approximate surface area is 98.4 Å². The van der Waals surface area contributed by atoms with Crippen LogP contribution in [0.15, 0.2) is 0 Å². The number of rotatable bonds is 7. The Bertz CT molecular complexity index is 251. The van der Waals surface area contributed by atoms with Crippen molar-refractivity contribution in [1.82, 2.24) is 0 Å². The van der Waals surface area contributed by atoms with Crippen LogP contribution in [0.2, 0.25) is 0 Å². The van der Waals surface area contributed by atoms with Crippen LogP contribution in [0.25, 0.3) is 0 Å². The molecular weight excluding hydrogens is 202 g/mol. The summed E-state index contributed by atoms with van der Waals surface area (Å²) < 4.78 is 0. The molecule has 1 unspecified atom stereocenters. The fourth-order valence-electron chi connectivity index (χ4n) is 2.39. The molecule has 1 saturated carbocycles. The Morgan fingerprint density at radius 1 is 1.50 bits per heavy atom. The van der Waals surface area contributed by atoms with Gasteiger partial charge in [0.15, 0.2) is 0 Å². The summed E-state index contributed by atoms with van der Waals surface area (Å²) in [6.45, 7) is 5.91. The van der Waals surface area contributed by atoms with Crippen LogP contribution >= 0.6 is 0 Å². The van der Waals surface area contributed by atoms with E-state index in [4.69, 9.17) is 10.8 Å². The third-order valence-electron chi connectivity index (χ3n) is 3.65. The van der Waals surface area contributed by atoms with Crippen molar-refractivity contribution in [2.75, 3.05) is 0 Å². The van der Waals surface area contributed by atoms with Gasteiger partial charge < -0.3 is 10.8 Å². The van der Waals surface area contributed by atoms with E-state index in [1.54, 1.807) is 0 Å². The van der Waals surface area contributed by atoms with Gasteiger partial charge in [-0.05, 0) is 51.4 Å². The first-order chi connectivity index (χ1) is 7.24. The number of hydrogen-bond acceptors (Lipinski definition) is 2. The van der Waals surface area contributed by atoms with Crippen LogP contribution in [0, 0.1) is 11.3 Å². The van der Waals surface area contributed by atoms with Crippen molar-refractivity contribution in [3.05, 3.63) is 0 Å². The number of carboxylic acids is 1. The summed E-state index contributed by atoms with van der Waals surface area (Å²) in [5.74, 6) is -0.862. The highest BCUT2D eigenvalue weighted by Gasteiger charge is 2.43. The maximum absolute atomic E-state index is 10.8. The predicted molar refractivity (Wildman–Crippen MR) is 65.2 cm³/mol. The Hall–Kier alpha value is -0.570. The Morgan fingerprint density at radius 3 is 2.44 bits per heavy atom. The van der Waals surface area contributed by atoms with Gasteiger partial charge in [-0.3, -0.25) is 4.79 Å². The van der Waals surface area contributed by atoms with Crippen molar-refractivity contribution in [1.29, 1.82) is 0 Å². The molecule has 0 amide bonds. The summed E-state index contributed by atoms with van der Waals surface area (Å²) in [4.78, 5) is 10.8. The van der Waals surface area contributed by atoms with Crippen molar-refractivity contribution in [2.45, 2.75) is 64.8 Å². The molecule has 0 saturated heterocycles. The smallest absolute Gasteiger partial charge is 0.306 e. The third kappa shape index (κ3) is 4.52. The quantitative estimate of drug-likeness (QED) is 0.703. The zero-order valence-electron chi connectivity index (χ0n) is 10.8. The molecule has 0 aromatic rings. The van der Waals surface area contributed by atoms with Crippen LogP contribution in [0.3, 0.4) is 0 Å². The molecule has 0 heterocycles. The second kappa shape index (κ2) is 4.74. The van der Waals surface area contributed by atoms with Crippen molar-refractivity contribution >= 4 is 5.97 Å². The summed E-state index contributed by atoms with van der Waals surface area (Å²) in [5, 5.41) is 8.91. The zero-order chi connectivity index (χ0) is 12.4. The van der Waals surface area contributed by atoms with Gasteiger partial charge in [-0.25, -0.2) is 0 Å². The normalized spacial score (nSPS) is 20.5. The van der Waals surface area contributed by atoms with Gasteiger partial charge in [0, 0.05) is 5.54 Å². The molecule has 3 N–H and O–H groups in total. The Morgan fingerprint density at radius 2 is 2.06 bits per heavy atom. The monoisotopic (exact) mass is 227 g/mol. The minimum absolute atomic E-state index is 0.0888. The molecular formula is C13H25NO2. The lowest BCUT2D eigenvalue weighted by Crippen LogP contribution is -2.31. The summed E-state index contributed by atoms with van der Waals surface area (Å²) >= 11 is 0. The van der Waals surface area contributed by atoms with Gasteiger partial charge in [-0.15, -0.1) is 0 Å². The largest absolute Gasteiger partial charge is 0.481 e. The molecule has 1 atom stereocenters. The second-order valence-electron chi connectivity index (χ2n) is 6.29. The molecule has 0 bridgehead atoms. The standard InChI is InChI=1S/C13H25NO2/c1-10(11(15)16)9-13(7-8-13)6-4-5-12(2,3)14/h10H,4-9,14H2,1-3H3,(H,15,16). The molecule has 94 valence electrons. The molecule has 1 fully saturated rings. The highest BCUT2D eigenvalue weighted by atomic mass is 16.4. The van der Waals surface area contributed by atoms with Crippen molar-refractivity contribution in [2.24, 2.45) is 17.1 Å². The van der Waals surface area contributed by atoms with E-state index in [9.17, 15) is 4.79 Å². The van der Waals surface area contributed by atoms with Gasteiger partial charge in [0.25, 0.3) is 0 Å². The summed E-state index contributed by atoms with van der Waals surface area (Å²) in [7, 11) is 0. The number of nitrogens with two attached hydrogens (primary N) is 1. The summed E-state index contributed by atoms with van der Waals surface area (Å²) in [6.07, 6.45) is 6.54. The molecule has 1 rings (SSSR count). The second-order valence-corrected chi connectivity index (χ2v) is 6.29. The van der Waals surface area contributed by atoms with E-state index in [0.29, 0.717) is 5.41 Å². The predicted octanol–water partition coefficient (Wildman–Crippen LogP) is 2.79. The summed E-state index contributed by atoms with van der Waals surface area (Å²) in [6, 6.07) is 0. The zero-order valence-corrected chi connectivity index (χ0v) is 10.8. The lowest BCUT2D eigenvalue weighted by molar-refractivity contribution is -0.141. The molecule has 1 aliphatic carbocycles. The van der Waals surface area contributed by atoms with Crippen LogP contribution in [-0.4, -0.2) is 16.6 Å². The number of carbonyl (C=O) groups is 1. The van der Waals surface area contributed by atoms with Crippen LogP contribution in [0.4, 0.5) is 0 Å². The molecule has 0 spiro atoms. The number of aliphatic carboxylic acids is 1. The molecule has 0 aromatic heterocycles. The molecule has 1 aliphatic rings. The van der Waals surface area contributed by atoms with Crippen LogP contribution in [-0.2, 0) is 4.79 Å². The van der Waals surface area contributed by atoms with Gasteiger partial charge in [-0.1, -0.05) is 13.3 Å². The average Bonchev–Trinajstić information content (AvgIpc) is 2.82. The van der Waals surface area contributed by atoms with Gasteiger partial charge in [0.1, 0.15) is 0 Å². The first-order valence-corrected chi connectivity index (χ1v) is 6.26. The highest BCUT2D eigenvalue weighted by Crippen LogP contribution is 2.54. The fourth-order valence-corrected chi connectivity index (χ4v) is 2.39. The molecule has 0 radical (unpaired) electrons. The fraction of sp³-hybridized carbons (Fsp3) is 0.923. The average molecular weight is 227 g/mol. The van der Waals surface area contributed by atoms with Crippen LogP contribution in [0.5, 0.6) is 0 Å². The van der Waals surface area contributed by atoms with E-state index in [1.807, 2.05) is 20.8 Å². The summed E-state index contributed by atoms with van der Waals surface area (Å²) in [5.41, 5.74) is 6.19. The van der Waals surface area contributed by atoms with Gasteiger partial charge in [0.2, 0.25) is 0 Å².